The zero-order chi connectivity index (χ0) is 9.57. The van der Waals surface area contributed by atoms with E-state index in [0.29, 0.717) is 0 Å². The average Bonchev–Trinajstić information content (AvgIpc) is 2.06. The van der Waals surface area contributed by atoms with Crippen molar-refractivity contribution < 1.29 is 14.3 Å². The molecular formula is C6H7Cl3O3. The molecule has 0 spiro atoms. The van der Waals surface area contributed by atoms with Crippen molar-refractivity contribution in [3.63, 3.8) is 0 Å². The van der Waals surface area contributed by atoms with Crippen LogP contribution in [0.4, 0.5) is 0 Å². The molecule has 1 heterocycles. The summed E-state index contributed by atoms with van der Waals surface area (Å²) >= 11 is 16.4. The third kappa shape index (κ3) is 1.96. The van der Waals surface area contributed by atoms with Crippen molar-refractivity contribution in [3.8, 4) is 0 Å². The molecule has 1 aliphatic rings. The van der Waals surface area contributed by atoms with E-state index in [-0.39, 0.29) is 0 Å². The van der Waals surface area contributed by atoms with Crippen molar-refractivity contribution >= 4 is 40.8 Å². The van der Waals surface area contributed by atoms with E-state index in [1.165, 1.54) is 0 Å². The monoisotopic (exact) mass is 232 g/mol. The van der Waals surface area contributed by atoms with Gasteiger partial charge >= 0.3 is 5.97 Å². The molecule has 1 rings (SSSR count). The normalized spacial score (nSPS) is 28.8. The molecule has 0 saturated carbocycles. The summed E-state index contributed by atoms with van der Waals surface area (Å²) in [6.07, 6.45) is -1.12. The largest absolute Gasteiger partial charge is 0.429 e. The molecule has 0 amide bonds. The van der Waals surface area contributed by atoms with Crippen molar-refractivity contribution in [2.75, 3.05) is 0 Å². The molecule has 6 heteroatoms. The van der Waals surface area contributed by atoms with Crippen molar-refractivity contribution in [3.05, 3.63) is 0 Å². The summed E-state index contributed by atoms with van der Waals surface area (Å²) in [6, 6.07) is 0. The number of carbonyl (C=O) groups is 1. The fraction of sp³-hybridized carbons (Fsp3) is 0.833. The Balaban J connectivity index is 2.74. The van der Waals surface area contributed by atoms with Crippen LogP contribution < -0.4 is 0 Å². The molecular weight excluding hydrogens is 226 g/mol. The fourth-order valence-corrected chi connectivity index (χ4v) is 0.980. The van der Waals surface area contributed by atoms with Gasteiger partial charge in [0.2, 0.25) is 0 Å². The molecule has 0 aliphatic carbocycles. The highest BCUT2D eigenvalue weighted by atomic mass is 35.6. The first-order valence-corrected chi connectivity index (χ1v) is 4.32. The Kier molecular flexibility index (Phi) is 2.52. The molecule has 3 nitrogen and oxygen atoms in total. The highest BCUT2D eigenvalue weighted by Crippen LogP contribution is 2.39. The SMILES string of the molecule is CC1(C)OC(C(Cl)(Cl)Cl)OC1=O. The molecule has 70 valence electrons. The smallest absolute Gasteiger partial charge is 0.340 e. The van der Waals surface area contributed by atoms with Crippen LogP contribution in [0.5, 0.6) is 0 Å². The van der Waals surface area contributed by atoms with Gasteiger partial charge < -0.3 is 9.47 Å². The molecule has 1 fully saturated rings. The van der Waals surface area contributed by atoms with Gasteiger partial charge in [-0.25, -0.2) is 4.79 Å². The summed E-state index contributed by atoms with van der Waals surface area (Å²) in [5, 5.41) is 0. The lowest BCUT2D eigenvalue weighted by Gasteiger charge is -2.18. The second kappa shape index (κ2) is 2.91. The minimum absolute atomic E-state index is 0.529. The van der Waals surface area contributed by atoms with E-state index in [1.807, 2.05) is 0 Å². The molecule has 12 heavy (non-hydrogen) atoms. The number of alkyl halides is 3. The van der Waals surface area contributed by atoms with Gasteiger partial charge in [0.15, 0.2) is 5.60 Å². The predicted octanol–water partition coefficient (Wildman–Crippen LogP) is 2.03. The molecule has 1 aliphatic heterocycles. The molecule has 0 aromatic carbocycles. The predicted molar refractivity (Wildman–Crippen MR) is 45.3 cm³/mol. The lowest BCUT2D eigenvalue weighted by molar-refractivity contribution is -0.144. The maximum Gasteiger partial charge on any atom is 0.340 e. The van der Waals surface area contributed by atoms with Crippen LogP contribution in [0.15, 0.2) is 0 Å². The van der Waals surface area contributed by atoms with Crippen LogP contribution in [-0.2, 0) is 14.3 Å². The van der Waals surface area contributed by atoms with Gasteiger partial charge in [0, 0.05) is 0 Å². The standard InChI is InChI=1S/C6H7Cl3O3/c1-5(2)3(10)11-4(12-5)6(7,8)9/h4H,1-2H3. The van der Waals surface area contributed by atoms with E-state index >= 15 is 0 Å². The van der Waals surface area contributed by atoms with Crippen molar-refractivity contribution in [2.24, 2.45) is 0 Å². The Morgan fingerprint density at radius 2 is 1.92 bits per heavy atom. The minimum Gasteiger partial charge on any atom is -0.429 e. The molecule has 0 aromatic rings. The van der Waals surface area contributed by atoms with Crippen molar-refractivity contribution in [1.29, 1.82) is 0 Å². The average molecular weight is 233 g/mol. The third-order valence-corrected chi connectivity index (χ3v) is 1.91. The summed E-state index contributed by atoms with van der Waals surface area (Å²) in [5.74, 6) is -0.529. The molecule has 1 atom stereocenters. The summed E-state index contributed by atoms with van der Waals surface area (Å²) < 4.78 is 8.01. The lowest BCUT2D eigenvalue weighted by Crippen LogP contribution is -2.30. The number of esters is 1. The van der Waals surface area contributed by atoms with Crippen LogP contribution >= 0.6 is 34.8 Å². The molecule has 1 unspecified atom stereocenters. The highest BCUT2D eigenvalue weighted by molar-refractivity contribution is 6.68. The molecule has 1 saturated heterocycles. The van der Waals surface area contributed by atoms with Crippen molar-refractivity contribution in [2.45, 2.75) is 29.5 Å². The van der Waals surface area contributed by atoms with Gasteiger partial charge in [-0.15, -0.1) is 0 Å². The van der Waals surface area contributed by atoms with Crippen LogP contribution in [0.3, 0.4) is 0 Å². The number of hydrogen-bond donors (Lipinski definition) is 0. The van der Waals surface area contributed by atoms with Crippen LogP contribution in [0.25, 0.3) is 0 Å². The van der Waals surface area contributed by atoms with Gasteiger partial charge in [0.1, 0.15) is 0 Å². The molecule has 0 bridgehead atoms. The van der Waals surface area contributed by atoms with Gasteiger partial charge in [0.25, 0.3) is 10.1 Å². The number of cyclic esters (lactones) is 1. The van der Waals surface area contributed by atoms with E-state index < -0.39 is 21.7 Å². The Bertz CT molecular complexity index is 209. The van der Waals surface area contributed by atoms with Crippen LogP contribution in [0.1, 0.15) is 13.8 Å². The van der Waals surface area contributed by atoms with Crippen molar-refractivity contribution in [1.82, 2.24) is 0 Å². The second-order valence-electron chi connectivity index (χ2n) is 2.91. The minimum atomic E-state index is -1.73. The molecule has 0 aromatic heterocycles. The number of halogens is 3. The topological polar surface area (TPSA) is 35.5 Å². The third-order valence-electron chi connectivity index (χ3n) is 1.37. The number of hydrogen-bond acceptors (Lipinski definition) is 3. The fourth-order valence-electron chi connectivity index (χ4n) is 0.713. The van der Waals surface area contributed by atoms with Gasteiger partial charge in [0.05, 0.1) is 0 Å². The number of carbonyl (C=O) groups excluding carboxylic acids is 1. The second-order valence-corrected chi connectivity index (χ2v) is 5.28. The van der Waals surface area contributed by atoms with E-state index in [4.69, 9.17) is 39.5 Å². The Morgan fingerprint density at radius 3 is 2.08 bits per heavy atom. The summed E-state index contributed by atoms with van der Waals surface area (Å²) in [5.41, 5.74) is -1.03. The first-order chi connectivity index (χ1) is 5.23. The van der Waals surface area contributed by atoms with Crippen LogP contribution in [0.2, 0.25) is 0 Å². The van der Waals surface area contributed by atoms with E-state index in [0.717, 1.165) is 0 Å². The van der Waals surface area contributed by atoms with E-state index in [9.17, 15) is 4.79 Å². The maximum absolute atomic E-state index is 11.0. The van der Waals surface area contributed by atoms with Gasteiger partial charge in [-0.3, -0.25) is 0 Å². The van der Waals surface area contributed by atoms with E-state index in [1.54, 1.807) is 13.8 Å². The summed E-state index contributed by atoms with van der Waals surface area (Å²) in [7, 11) is 0. The lowest BCUT2D eigenvalue weighted by atomic mass is 10.1. The Morgan fingerprint density at radius 1 is 1.42 bits per heavy atom. The quantitative estimate of drug-likeness (QED) is 0.474. The Labute approximate surface area is 84.9 Å². The number of ether oxygens (including phenoxy) is 2. The zero-order valence-corrected chi connectivity index (χ0v) is 8.70. The first kappa shape index (κ1) is 10.4. The van der Waals surface area contributed by atoms with Gasteiger partial charge in [-0.2, -0.15) is 0 Å². The van der Waals surface area contributed by atoms with E-state index in [2.05, 4.69) is 4.74 Å². The highest BCUT2D eigenvalue weighted by Gasteiger charge is 2.50. The maximum atomic E-state index is 11.0. The summed E-state index contributed by atoms with van der Waals surface area (Å²) in [6.45, 7) is 3.09. The zero-order valence-electron chi connectivity index (χ0n) is 6.44. The van der Waals surface area contributed by atoms with Gasteiger partial charge in [-0.05, 0) is 13.8 Å². The van der Waals surface area contributed by atoms with Crippen LogP contribution in [-0.4, -0.2) is 21.7 Å². The first-order valence-electron chi connectivity index (χ1n) is 3.19. The summed E-state index contributed by atoms with van der Waals surface area (Å²) in [4.78, 5) is 11.0. The Hall–Kier alpha value is 0.300. The number of rotatable bonds is 0. The van der Waals surface area contributed by atoms with Gasteiger partial charge in [-0.1, -0.05) is 34.8 Å². The molecule has 0 N–H and O–H groups in total. The van der Waals surface area contributed by atoms with Crippen LogP contribution in [0, 0.1) is 0 Å². The molecule has 0 radical (unpaired) electrons.